The summed E-state index contributed by atoms with van der Waals surface area (Å²) in [4.78, 5) is 18.7. The fourth-order valence-corrected chi connectivity index (χ4v) is 3.76. The van der Waals surface area contributed by atoms with E-state index in [1.165, 1.54) is 7.11 Å². The van der Waals surface area contributed by atoms with Crippen molar-refractivity contribution >= 4 is 5.97 Å². The van der Waals surface area contributed by atoms with Crippen molar-refractivity contribution in [2.75, 3.05) is 13.7 Å². The standard InChI is InChI=1S/C24H26N2O4/c1-17-21(25-23(30-17)19-7-4-3-5-8-19)16-29-20-12-10-18(11-13-20)15-26-14-6-9-22(26)24(27)28-2/h3-5,7-8,10-13,22H,6,9,14-16H2,1-2H3/t22-/m1/s1. The highest BCUT2D eigenvalue weighted by Gasteiger charge is 2.31. The van der Waals surface area contributed by atoms with E-state index in [-0.39, 0.29) is 12.0 Å². The van der Waals surface area contributed by atoms with Crippen molar-refractivity contribution in [3.8, 4) is 17.2 Å². The minimum Gasteiger partial charge on any atom is -0.487 e. The highest BCUT2D eigenvalue weighted by Crippen LogP contribution is 2.24. The minimum absolute atomic E-state index is 0.139. The van der Waals surface area contributed by atoms with Crippen LogP contribution in [0.4, 0.5) is 0 Å². The van der Waals surface area contributed by atoms with Crippen LogP contribution in [0.3, 0.4) is 0 Å². The molecular formula is C24H26N2O4. The summed E-state index contributed by atoms with van der Waals surface area (Å²) in [5, 5.41) is 0. The summed E-state index contributed by atoms with van der Waals surface area (Å²) in [6.07, 6.45) is 1.87. The lowest BCUT2D eigenvalue weighted by Crippen LogP contribution is -2.36. The Morgan fingerprint density at radius 2 is 1.93 bits per heavy atom. The van der Waals surface area contributed by atoms with E-state index < -0.39 is 0 Å². The summed E-state index contributed by atoms with van der Waals surface area (Å²) in [7, 11) is 1.45. The molecule has 0 N–H and O–H groups in total. The van der Waals surface area contributed by atoms with Gasteiger partial charge in [-0.1, -0.05) is 30.3 Å². The van der Waals surface area contributed by atoms with Gasteiger partial charge in [0.15, 0.2) is 0 Å². The molecule has 0 aliphatic carbocycles. The number of hydrogen-bond acceptors (Lipinski definition) is 6. The van der Waals surface area contributed by atoms with E-state index >= 15 is 0 Å². The Bertz CT molecular complexity index is 982. The third-order valence-electron chi connectivity index (χ3n) is 5.43. The number of esters is 1. The van der Waals surface area contributed by atoms with Crippen molar-refractivity contribution in [2.45, 2.75) is 39.0 Å². The Balaban J connectivity index is 1.35. The molecule has 3 aromatic rings. The Hall–Kier alpha value is -3.12. The van der Waals surface area contributed by atoms with Crippen LogP contribution in [0, 0.1) is 6.92 Å². The van der Waals surface area contributed by atoms with Crippen molar-refractivity contribution in [3.63, 3.8) is 0 Å². The number of oxazole rings is 1. The van der Waals surface area contributed by atoms with Gasteiger partial charge in [-0.15, -0.1) is 0 Å². The van der Waals surface area contributed by atoms with Gasteiger partial charge in [0.05, 0.1) is 7.11 Å². The number of hydrogen-bond donors (Lipinski definition) is 0. The molecule has 0 saturated carbocycles. The van der Waals surface area contributed by atoms with Gasteiger partial charge in [0.1, 0.15) is 29.9 Å². The molecule has 156 valence electrons. The number of likely N-dealkylation sites (tertiary alicyclic amines) is 1. The van der Waals surface area contributed by atoms with Crippen LogP contribution in [0.5, 0.6) is 5.75 Å². The van der Waals surface area contributed by atoms with Crippen molar-refractivity contribution in [1.29, 1.82) is 0 Å². The van der Waals surface area contributed by atoms with E-state index in [0.717, 1.165) is 54.3 Å². The Morgan fingerprint density at radius 1 is 1.17 bits per heavy atom. The van der Waals surface area contributed by atoms with E-state index in [9.17, 15) is 4.79 Å². The minimum atomic E-state index is -0.148. The van der Waals surface area contributed by atoms with Crippen molar-refractivity contribution < 1.29 is 18.7 Å². The quantitative estimate of drug-likeness (QED) is 0.543. The van der Waals surface area contributed by atoms with Gasteiger partial charge in [0.2, 0.25) is 5.89 Å². The highest BCUT2D eigenvalue weighted by atomic mass is 16.5. The average molecular weight is 406 g/mol. The maximum Gasteiger partial charge on any atom is 0.323 e. The van der Waals surface area contributed by atoms with Gasteiger partial charge >= 0.3 is 5.97 Å². The third kappa shape index (κ3) is 4.54. The predicted molar refractivity (Wildman–Crippen MR) is 113 cm³/mol. The van der Waals surface area contributed by atoms with Gasteiger partial charge in [0, 0.05) is 12.1 Å². The summed E-state index contributed by atoms with van der Waals surface area (Å²) in [5.74, 6) is 1.99. The fourth-order valence-electron chi connectivity index (χ4n) is 3.76. The smallest absolute Gasteiger partial charge is 0.323 e. The van der Waals surface area contributed by atoms with Gasteiger partial charge in [-0.05, 0) is 56.1 Å². The van der Waals surface area contributed by atoms with Crippen LogP contribution in [0.15, 0.2) is 59.0 Å². The van der Waals surface area contributed by atoms with Crippen LogP contribution in [0.1, 0.15) is 29.9 Å². The number of ether oxygens (including phenoxy) is 2. The van der Waals surface area contributed by atoms with E-state index in [0.29, 0.717) is 12.5 Å². The second-order valence-corrected chi connectivity index (χ2v) is 7.47. The van der Waals surface area contributed by atoms with E-state index in [1.807, 2.05) is 61.5 Å². The number of aryl methyl sites for hydroxylation is 1. The largest absolute Gasteiger partial charge is 0.487 e. The molecule has 6 nitrogen and oxygen atoms in total. The molecule has 0 spiro atoms. The molecule has 1 aliphatic rings. The molecule has 30 heavy (non-hydrogen) atoms. The molecule has 1 saturated heterocycles. The summed E-state index contributed by atoms with van der Waals surface area (Å²) in [5.41, 5.74) is 2.88. The van der Waals surface area contributed by atoms with Crippen molar-refractivity contribution in [1.82, 2.24) is 9.88 Å². The number of methoxy groups -OCH3 is 1. The van der Waals surface area contributed by atoms with Crippen LogP contribution in [-0.2, 0) is 22.7 Å². The Kier molecular flexibility index (Phi) is 6.14. The molecule has 6 heteroatoms. The fraction of sp³-hybridized carbons (Fsp3) is 0.333. The lowest BCUT2D eigenvalue weighted by Gasteiger charge is -2.22. The van der Waals surface area contributed by atoms with E-state index in [1.54, 1.807) is 0 Å². The molecule has 1 aliphatic heterocycles. The molecule has 0 unspecified atom stereocenters. The first-order valence-corrected chi connectivity index (χ1v) is 10.2. The van der Waals surface area contributed by atoms with Crippen LogP contribution < -0.4 is 4.74 Å². The summed E-state index contributed by atoms with van der Waals surface area (Å²) in [6.45, 7) is 3.88. The zero-order valence-electron chi connectivity index (χ0n) is 17.3. The van der Waals surface area contributed by atoms with Gasteiger partial charge in [-0.25, -0.2) is 4.98 Å². The molecule has 1 atom stereocenters. The molecule has 2 heterocycles. The SMILES string of the molecule is COC(=O)[C@H]1CCCN1Cc1ccc(OCc2nc(-c3ccccc3)oc2C)cc1. The van der Waals surface area contributed by atoms with Crippen LogP contribution in [0.2, 0.25) is 0 Å². The number of carbonyl (C=O) groups is 1. The monoisotopic (exact) mass is 406 g/mol. The lowest BCUT2D eigenvalue weighted by atomic mass is 10.2. The van der Waals surface area contributed by atoms with Crippen LogP contribution in [-0.4, -0.2) is 35.5 Å². The number of rotatable bonds is 7. The van der Waals surface area contributed by atoms with Crippen LogP contribution >= 0.6 is 0 Å². The molecule has 0 radical (unpaired) electrons. The molecule has 1 aromatic heterocycles. The molecule has 2 aromatic carbocycles. The van der Waals surface area contributed by atoms with Crippen LogP contribution in [0.25, 0.3) is 11.5 Å². The van der Waals surface area contributed by atoms with Crippen molar-refractivity contribution in [2.24, 2.45) is 0 Å². The normalized spacial score (nSPS) is 16.5. The summed E-state index contributed by atoms with van der Waals surface area (Å²) in [6, 6.07) is 17.7. The molecule has 4 rings (SSSR count). The van der Waals surface area contributed by atoms with Gasteiger partial charge < -0.3 is 13.9 Å². The topological polar surface area (TPSA) is 64.8 Å². The Morgan fingerprint density at radius 3 is 2.67 bits per heavy atom. The zero-order valence-corrected chi connectivity index (χ0v) is 17.3. The number of carbonyl (C=O) groups excluding carboxylic acids is 1. The molecule has 0 amide bonds. The predicted octanol–water partition coefficient (Wildman–Crippen LogP) is 4.37. The molecule has 0 bridgehead atoms. The van der Waals surface area contributed by atoms with Gasteiger partial charge in [-0.3, -0.25) is 9.69 Å². The maximum atomic E-state index is 11.9. The first kappa shape index (κ1) is 20.2. The third-order valence-corrected chi connectivity index (χ3v) is 5.43. The van der Waals surface area contributed by atoms with E-state index in [2.05, 4.69) is 9.88 Å². The second kappa shape index (κ2) is 9.13. The summed E-state index contributed by atoms with van der Waals surface area (Å²) < 4.78 is 16.6. The summed E-state index contributed by atoms with van der Waals surface area (Å²) >= 11 is 0. The zero-order chi connectivity index (χ0) is 20.9. The van der Waals surface area contributed by atoms with Crippen molar-refractivity contribution in [3.05, 3.63) is 71.6 Å². The maximum absolute atomic E-state index is 11.9. The molecular weight excluding hydrogens is 380 g/mol. The number of nitrogens with zero attached hydrogens (tertiary/aromatic N) is 2. The van der Waals surface area contributed by atoms with Gasteiger partial charge in [0.25, 0.3) is 0 Å². The number of aromatic nitrogens is 1. The first-order valence-electron chi connectivity index (χ1n) is 10.2. The lowest BCUT2D eigenvalue weighted by molar-refractivity contribution is -0.146. The molecule has 1 fully saturated rings. The first-order chi connectivity index (χ1) is 14.6. The number of benzene rings is 2. The highest BCUT2D eigenvalue weighted by molar-refractivity contribution is 5.76. The van der Waals surface area contributed by atoms with E-state index in [4.69, 9.17) is 13.9 Å². The Labute approximate surface area is 176 Å². The van der Waals surface area contributed by atoms with Gasteiger partial charge in [-0.2, -0.15) is 0 Å². The second-order valence-electron chi connectivity index (χ2n) is 7.47. The average Bonchev–Trinajstić information content (AvgIpc) is 3.40.